The number of Topliss-reactive ketones (excluding diaryl/α,β-unsaturated/α-hetero) is 1. The van der Waals surface area contributed by atoms with Crippen molar-refractivity contribution < 1.29 is 33.8 Å². The maximum Gasteiger partial charge on any atom is 0.341 e. The summed E-state index contributed by atoms with van der Waals surface area (Å²) in [4.78, 5) is 75.3. The molecule has 1 heterocycles. The number of nitro benzene ring substituents is 2. The van der Waals surface area contributed by atoms with Crippen LogP contribution in [0.25, 0.3) is 0 Å². The summed E-state index contributed by atoms with van der Waals surface area (Å²) < 4.78 is 5.63. The van der Waals surface area contributed by atoms with Crippen molar-refractivity contribution in [2.45, 2.75) is 6.10 Å². The Hall–Kier alpha value is -6.04. The largest absolute Gasteiger partial charge is 0.445 e. The van der Waals surface area contributed by atoms with E-state index in [2.05, 4.69) is 0 Å². The average Bonchev–Trinajstić information content (AvgIpc) is 3.25. The molecule has 202 valence electrons. The number of imide groups is 1. The molecule has 1 aliphatic heterocycles. The van der Waals surface area contributed by atoms with Crippen molar-refractivity contribution in [1.82, 2.24) is 0 Å². The van der Waals surface area contributed by atoms with Crippen LogP contribution in [0.4, 0.5) is 17.1 Å². The first-order valence-corrected chi connectivity index (χ1v) is 12.0. The molecule has 0 saturated carbocycles. The summed E-state index contributed by atoms with van der Waals surface area (Å²) in [5, 5.41) is 22.6. The molecule has 0 unspecified atom stereocenters. The van der Waals surface area contributed by atoms with Crippen molar-refractivity contribution >= 4 is 40.6 Å². The second-order valence-electron chi connectivity index (χ2n) is 8.78. The van der Waals surface area contributed by atoms with Crippen molar-refractivity contribution in [2.75, 3.05) is 4.90 Å². The van der Waals surface area contributed by atoms with Crippen LogP contribution in [0.5, 0.6) is 0 Å². The number of carbonyl (C=O) groups excluding carboxylic acids is 4. The Balaban J connectivity index is 1.53. The number of fused-ring (bicyclic) bond motifs is 1. The Morgan fingerprint density at radius 1 is 0.732 bits per heavy atom. The highest BCUT2D eigenvalue weighted by Crippen LogP contribution is 2.36. The first-order valence-electron chi connectivity index (χ1n) is 12.0. The van der Waals surface area contributed by atoms with Crippen molar-refractivity contribution in [3.8, 4) is 0 Å². The predicted molar refractivity (Wildman–Crippen MR) is 143 cm³/mol. The van der Waals surface area contributed by atoms with Gasteiger partial charge in [-0.2, -0.15) is 0 Å². The number of anilines is 1. The van der Waals surface area contributed by atoms with Crippen molar-refractivity contribution in [1.29, 1.82) is 0 Å². The number of esters is 1. The minimum absolute atomic E-state index is 0.145. The lowest BCUT2D eigenvalue weighted by Gasteiger charge is -2.21. The summed E-state index contributed by atoms with van der Waals surface area (Å²) in [5.74, 6) is -3.58. The van der Waals surface area contributed by atoms with E-state index in [1.807, 2.05) is 0 Å². The molecule has 1 atom stereocenters. The van der Waals surface area contributed by atoms with Gasteiger partial charge in [0, 0.05) is 29.3 Å². The van der Waals surface area contributed by atoms with E-state index in [4.69, 9.17) is 4.74 Å². The molecule has 0 radical (unpaired) electrons. The predicted octanol–water partition coefficient (Wildman–Crippen LogP) is 5.08. The van der Waals surface area contributed by atoms with Crippen LogP contribution in [-0.2, 0) is 4.74 Å². The van der Waals surface area contributed by atoms with E-state index in [0.717, 1.165) is 18.2 Å². The fourth-order valence-corrected chi connectivity index (χ4v) is 4.45. The number of non-ortho nitro benzene ring substituents is 1. The lowest BCUT2D eigenvalue weighted by atomic mass is 9.99. The molecule has 4 aromatic carbocycles. The van der Waals surface area contributed by atoms with Gasteiger partial charge in [0.15, 0.2) is 6.10 Å². The maximum atomic E-state index is 13.5. The van der Waals surface area contributed by atoms with Gasteiger partial charge >= 0.3 is 5.97 Å². The summed E-state index contributed by atoms with van der Waals surface area (Å²) in [7, 11) is 0. The molecular weight excluding hydrogens is 534 g/mol. The fraction of sp³-hybridized carbons (Fsp3) is 0.0345. The molecular formula is C29H17N3O9. The van der Waals surface area contributed by atoms with Gasteiger partial charge in [-0.25, -0.2) is 9.69 Å². The molecule has 12 heteroatoms. The summed E-state index contributed by atoms with van der Waals surface area (Å²) >= 11 is 0. The number of benzene rings is 4. The standard InChI is InChI=1S/C29H17N3O9/c33-25(17-7-2-1-3-8-17)26(18-13-15-19(16-14-18)31(37)38)41-29(36)20-9-4-5-11-22(20)30-27(34)21-10-6-12-23(32(39)40)24(21)28(30)35/h1-16,26H/t26-/m1/s1. The monoisotopic (exact) mass is 551 g/mol. The highest BCUT2D eigenvalue weighted by molar-refractivity contribution is 6.36. The van der Waals surface area contributed by atoms with Gasteiger partial charge in [0.2, 0.25) is 5.78 Å². The van der Waals surface area contributed by atoms with Crippen molar-refractivity contribution in [3.63, 3.8) is 0 Å². The molecule has 0 saturated heterocycles. The summed E-state index contributed by atoms with van der Waals surface area (Å²) in [6, 6.07) is 21.9. The summed E-state index contributed by atoms with van der Waals surface area (Å²) in [5.41, 5.74) is -1.53. The molecule has 41 heavy (non-hydrogen) atoms. The first kappa shape index (κ1) is 26.6. The van der Waals surface area contributed by atoms with Gasteiger partial charge in [0.25, 0.3) is 23.2 Å². The smallest absolute Gasteiger partial charge is 0.341 e. The van der Waals surface area contributed by atoms with Gasteiger partial charge in [0.05, 0.1) is 26.7 Å². The van der Waals surface area contributed by atoms with Crippen LogP contribution in [0.15, 0.2) is 97.1 Å². The van der Waals surface area contributed by atoms with E-state index in [-0.39, 0.29) is 33.6 Å². The Morgan fingerprint density at radius 3 is 2.05 bits per heavy atom. The number of ether oxygens (including phenoxy) is 1. The SMILES string of the molecule is O=C(O[C@@H](C(=O)c1ccccc1)c1ccc([N+](=O)[O-])cc1)c1ccccc1N1C(=O)c2cccc([N+](=O)[O-])c2C1=O. The number of rotatable bonds is 8. The minimum atomic E-state index is -1.54. The zero-order valence-corrected chi connectivity index (χ0v) is 20.8. The van der Waals surface area contributed by atoms with Crippen LogP contribution >= 0.6 is 0 Å². The number of hydrogen-bond donors (Lipinski definition) is 0. The van der Waals surface area contributed by atoms with Crippen molar-refractivity contribution in [2.24, 2.45) is 0 Å². The van der Waals surface area contributed by atoms with Gasteiger partial charge in [-0.15, -0.1) is 0 Å². The Labute approximate surface area is 230 Å². The third-order valence-electron chi connectivity index (χ3n) is 6.38. The second kappa shape index (κ2) is 10.6. The van der Waals surface area contributed by atoms with E-state index in [1.54, 1.807) is 18.2 Å². The number of nitro groups is 2. The number of hydrogen-bond acceptors (Lipinski definition) is 9. The van der Waals surface area contributed by atoms with E-state index >= 15 is 0 Å². The molecule has 2 amide bonds. The zero-order chi connectivity index (χ0) is 29.3. The van der Waals surface area contributed by atoms with Gasteiger partial charge < -0.3 is 4.74 Å². The lowest BCUT2D eigenvalue weighted by molar-refractivity contribution is -0.385. The molecule has 0 aliphatic carbocycles. The van der Waals surface area contributed by atoms with E-state index in [1.165, 1.54) is 60.7 Å². The highest BCUT2D eigenvalue weighted by atomic mass is 16.6. The summed E-state index contributed by atoms with van der Waals surface area (Å²) in [6.45, 7) is 0. The van der Waals surface area contributed by atoms with Gasteiger partial charge in [-0.05, 0) is 30.3 Å². The topological polar surface area (TPSA) is 167 Å². The van der Waals surface area contributed by atoms with Crippen molar-refractivity contribution in [3.05, 3.63) is 145 Å². The third kappa shape index (κ3) is 4.81. The number of para-hydroxylation sites is 1. The second-order valence-corrected chi connectivity index (χ2v) is 8.78. The Morgan fingerprint density at radius 2 is 1.39 bits per heavy atom. The number of carbonyl (C=O) groups is 4. The van der Waals surface area contributed by atoms with E-state index < -0.39 is 50.8 Å². The van der Waals surface area contributed by atoms with Crippen LogP contribution in [0.1, 0.15) is 53.1 Å². The molecule has 0 N–H and O–H groups in total. The average molecular weight is 551 g/mol. The van der Waals surface area contributed by atoms with Crippen LogP contribution in [-0.4, -0.2) is 33.4 Å². The molecule has 1 aliphatic rings. The molecule has 4 aromatic rings. The highest BCUT2D eigenvalue weighted by Gasteiger charge is 2.43. The van der Waals surface area contributed by atoms with Crippen LogP contribution < -0.4 is 4.90 Å². The molecule has 0 spiro atoms. The van der Waals surface area contributed by atoms with Crippen LogP contribution in [0.2, 0.25) is 0 Å². The number of nitrogens with zero attached hydrogens (tertiary/aromatic N) is 3. The molecule has 12 nitrogen and oxygen atoms in total. The maximum absolute atomic E-state index is 13.5. The van der Waals surface area contributed by atoms with Gasteiger partial charge in [-0.1, -0.05) is 48.5 Å². The third-order valence-corrected chi connectivity index (χ3v) is 6.38. The van der Waals surface area contributed by atoms with Gasteiger partial charge in [0.1, 0.15) is 5.56 Å². The molecule has 0 fully saturated rings. The van der Waals surface area contributed by atoms with Gasteiger partial charge in [-0.3, -0.25) is 34.6 Å². The fourth-order valence-electron chi connectivity index (χ4n) is 4.45. The minimum Gasteiger partial charge on any atom is -0.445 e. The Kier molecular flexibility index (Phi) is 6.88. The normalized spacial score (nSPS) is 12.9. The summed E-state index contributed by atoms with van der Waals surface area (Å²) in [6.07, 6.45) is -1.54. The lowest BCUT2D eigenvalue weighted by Crippen LogP contribution is -2.31. The van der Waals surface area contributed by atoms with Crippen LogP contribution in [0, 0.1) is 20.2 Å². The Bertz CT molecular complexity index is 1750. The van der Waals surface area contributed by atoms with E-state index in [0.29, 0.717) is 4.90 Å². The number of amides is 2. The molecule has 0 aromatic heterocycles. The number of ketones is 1. The molecule has 5 rings (SSSR count). The zero-order valence-electron chi connectivity index (χ0n) is 20.8. The molecule has 0 bridgehead atoms. The first-order chi connectivity index (χ1) is 19.7. The van der Waals surface area contributed by atoms with E-state index in [9.17, 15) is 39.4 Å². The van der Waals surface area contributed by atoms with Crippen LogP contribution in [0.3, 0.4) is 0 Å². The quantitative estimate of drug-likeness (QED) is 0.0953.